The number of hydrogen-bond donors (Lipinski definition) is 8. The SMILES string of the molecule is CC(=O)CN[C@@H](CCCCN)C(=O)N[C@@H](CC(=O)O)C(=O)N[C@H](C(=O)N[C@@H](Cc1ccc(O)cc1)C(=O)O)C(C)C. The van der Waals surface area contributed by atoms with Crippen LogP contribution in [0.1, 0.15) is 52.0 Å². The van der Waals surface area contributed by atoms with Crippen LogP contribution in [-0.4, -0.2) is 88.0 Å². The molecule has 1 aromatic carbocycles. The number of rotatable bonds is 19. The van der Waals surface area contributed by atoms with E-state index in [2.05, 4.69) is 21.3 Å². The van der Waals surface area contributed by atoms with Gasteiger partial charge in [0, 0.05) is 6.42 Å². The number of Topliss-reactive ketones (excluding diaryl/α,β-unsaturated/α-hetero) is 1. The summed E-state index contributed by atoms with van der Waals surface area (Å²) in [5.41, 5.74) is 6.04. The lowest BCUT2D eigenvalue weighted by Gasteiger charge is -2.27. The van der Waals surface area contributed by atoms with Crippen molar-refractivity contribution < 1.29 is 44.1 Å². The predicted molar refractivity (Wildman–Crippen MR) is 148 cm³/mol. The van der Waals surface area contributed by atoms with Gasteiger partial charge >= 0.3 is 11.9 Å². The zero-order valence-electron chi connectivity index (χ0n) is 23.5. The number of unbranched alkanes of at least 4 members (excludes halogenated alkanes) is 1. The van der Waals surface area contributed by atoms with Gasteiger partial charge < -0.3 is 37.0 Å². The van der Waals surface area contributed by atoms with Crippen molar-refractivity contribution in [3.8, 4) is 5.75 Å². The number of phenols is 1. The first-order valence-corrected chi connectivity index (χ1v) is 13.3. The topological polar surface area (TPSA) is 237 Å². The van der Waals surface area contributed by atoms with Gasteiger partial charge in [-0.3, -0.25) is 29.3 Å². The van der Waals surface area contributed by atoms with Gasteiger partial charge in [-0.25, -0.2) is 4.79 Å². The van der Waals surface area contributed by atoms with Gasteiger partial charge in [0.25, 0.3) is 0 Å². The molecule has 0 unspecified atom stereocenters. The fourth-order valence-corrected chi connectivity index (χ4v) is 3.86. The number of carboxylic acid groups (broad SMARTS) is 2. The number of benzene rings is 1. The molecule has 0 aromatic heterocycles. The van der Waals surface area contributed by atoms with Gasteiger partial charge in [-0.2, -0.15) is 0 Å². The van der Waals surface area contributed by atoms with E-state index in [9.17, 15) is 44.1 Å². The Morgan fingerprint density at radius 2 is 1.41 bits per heavy atom. The molecule has 1 rings (SSSR count). The van der Waals surface area contributed by atoms with Gasteiger partial charge in [-0.15, -0.1) is 0 Å². The van der Waals surface area contributed by atoms with Crippen LogP contribution < -0.4 is 27.0 Å². The van der Waals surface area contributed by atoms with E-state index in [0.717, 1.165) is 0 Å². The molecule has 1 aromatic rings. The number of hydrogen-bond acceptors (Lipinski definition) is 9. The first kappa shape index (κ1) is 35.0. The molecule has 0 spiro atoms. The maximum Gasteiger partial charge on any atom is 0.326 e. The van der Waals surface area contributed by atoms with Crippen molar-refractivity contribution in [2.75, 3.05) is 13.1 Å². The van der Waals surface area contributed by atoms with E-state index in [1.165, 1.54) is 31.2 Å². The number of nitrogens with one attached hydrogen (secondary N) is 4. The molecule has 0 aliphatic heterocycles. The lowest BCUT2D eigenvalue weighted by atomic mass is 10.0. The number of amides is 3. The Morgan fingerprint density at radius 1 is 0.829 bits per heavy atom. The summed E-state index contributed by atoms with van der Waals surface area (Å²) in [5.74, 6) is -5.94. The third-order valence-electron chi connectivity index (χ3n) is 6.11. The van der Waals surface area contributed by atoms with Crippen molar-refractivity contribution >= 4 is 35.4 Å². The number of aliphatic carboxylic acids is 2. The Kier molecular flexibility index (Phi) is 15.0. The van der Waals surface area contributed by atoms with Crippen LogP contribution in [0.5, 0.6) is 5.75 Å². The van der Waals surface area contributed by atoms with Crippen molar-refractivity contribution in [1.29, 1.82) is 0 Å². The highest BCUT2D eigenvalue weighted by atomic mass is 16.4. The highest BCUT2D eigenvalue weighted by molar-refractivity contribution is 5.96. The lowest BCUT2D eigenvalue weighted by molar-refractivity contribution is -0.143. The van der Waals surface area contributed by atoms with E-state index in [1.54, 1.807) is 13.8 Å². The van der Waals surface area contributed by atoms with Gasteiger partial charge in [0.15, 0.2) is 0 Å². The minimum absolute atomic E-state index is 0.00763. The first-order valence-electron chi connectivity index (χ1n) is 13.3. The Balaban J connectivity index is 3.04. The van der Waals surface area contributed by atoms with Crippen molar-refractivity contribution in [1.82, 2.24) is 21.3 Å². The van der Waals surface area contributed by atoms with Crippen LogP contribution in [-0.2, 0) is 35.2 Å². The number of phenolic OH excluding ortho intramolecular Hbond substituents is 1. The zero-order chi connectivity index (χ0) is 31.1. The number of carboxylic acids is 2. The molecule has 41 heavy (non-hydrogen) atoms. The average Bonchev–Trinajstić information content (AvgIpc) is 2.88. The molecule has 0 aliphatic carbocycles. The van der Waals surface area contributed by atoms with Crippen LogP contribution in [0.15, 0.2) is 24.3 Å². The fourth-order valence-electron chi connectivity index (χ4n) is 3.86. The molecule has 4 atom stereocenters. The first-order chi connectivity index (χ1) is 19.2. The summed E-state index contributed by atoms with van der Waals surface area (Å²) >= 11 is 0. The Morgan fingerprint density at radius 3 is 1.93 bits per heavy atom. The van der Waals surface area contributed by atoms with E-state index in [1.807, 2.05) is 0 Å². The summed E-state index contributed by atoms with van der Waals surface area (Å²) in [7, 11) is 0. The fraction of sp³-hybridized carbons (Fsp3) is 0.556. The van der Waals surface area contributed by atoms with Gasteiger partial charge in [-0.05, 0) is 49.9 Å². The largest absolute Gasteiger partial charge is 0.508 e. The average molecular weight is 580 g/mol. The second-order valence-electron chi connectivity index (χ2n) is 10.1. The van der Waals surface area contributed by atoms with Gasteiger partial charge in [-0.1, -0.05) is 32.4 Å². The van der Waals surface area contributed by atoms with E-state index in [-0.39, 0.29) is 30.9 Å². The molecule has 3 amide bonds. The van der Waals surface area contributed by atoms with E-state index in [0.29, 0.717) is 24.9 Å². The van der Waals surface area contributed by atoms with Crippen molar-refractivity contribution in [3.05, 3.63) is 29.8 Å². The Bertz CT molecular complexity index is 1060. The predicted octanol–water partition coefficient (Wildman–Crippen LogP) is -0.719. The van der Waals surface area contributed by atoms with Gasteiger partial charge in [0.2, 0.25) is 17.7 Å². The molecule has 0 radical (unpaired) electrons. The molecule has 0 saturated heterocycles. The maximum absolute atomic E-state index is 13.1. The van der Waals surface area contributed by atoms with Gasteiger partial charge in [0.1, 0.15) is 29.7 Å². The molecular formula is C27H41N5O9. The van der Waals surface area contributed by atoms with Crippen LogP contribution in [0.25, 0.3) is 0 Å². The molecule has 0 bridgehead atoms. The van der Waals surface area contributed by atoms with Crippen molar-refractivity contribution in [2.45, 2.75) is 77.0 Å². The molecule has 9 N–H and O–H groups in total. The highest BCUT2D eigenvalue weighted by Crippen LogP contribution is 2.12. The standard InChI is InChI=1S/C27H41N5O9/c1-15(2)23(26(39)31-21(27(40)41)12-17-7-9-18(34)10-8-17)32-25(38)20(13-22(35)36)30-24(37)19(6-4-5-11-28)29-14-16(3)33/h7-10,15,19-21,23,29,34H,4-6,11-14,28H2,1-3H3,(H,30,37)(H,31,39)(H,32,38)(H,35,36)(H,40,41)/t19-,20-,21-,23-/m0/s1. The van der Waals surface area contributed by atoms with Crippen LogP contribution in [0.3, 0.4) is 0 Å². The molecule has 0 fully saturated rings. The maximum atomic E-state index is 13.1. The van der Waals surface area contributed by atoms with E-state index >= 15 is 0 Å². The van der Waals surface area contributed by atoms with E-state index in [4.69, 9.17) is 5.73 Å². The molecule has 14 nitrogen and oxygen atoms in total. The third kappa shape index (κ3) is 13.2. The number of aromatic hydroxyl groups is 1. The number of nitrogens with two attached hydrogens (primary N) is 1. The lowest BCUT2D eigenvalue weighted by Crippen LogP contribution is -2.59. The molecular weight excluding hydrogens is 538 g/mol. The van der Waals surface area contributed by atoms with Crippen LogP contribution in [0.4, 0.5) is 0 Å². The van der Waals surface area contributed by atoms with Crippen LogP contribution in [0, 0.1) is 5.92 Å². The number of carbonyl (C=O) groups excluding carboxylic acids is 4. The summed E-state index contributed by atoms with van der Waals surface area (Å²) < 4.78 is 0. The Labute approximate surface area is 238 Å². The Hall–Kier alpha value is -4.04. The minimum atomic E-state index is -1.56. The zero-order valence-corrected chi connectivity index (χ0v) is 23.5. The second-order valence-corrected chi connectivity index (χ2v) is 10.1. The quantitative estimate of drug-likeness (QED) is 0.0952. The summed E-state index contributed by atoms with van der Waals surface area (Å²) in [4.78, 5) is 73.9. The summed E-state index contributed by atoms with van der Waals surface area (Å²) in [6.07, 6.45) is 0.549. The highest BCUT2D eigenvalue weighted by Gasteiger charge is 2.33. The van der Waals surface area contributed by atoms with Crippen LogP contribution in [0.2, 0.25) is 0 Å². The number of carbonyl (C=O) groups is 6. The molecule has 0 heterocycles. The molecule has 14 heteroatoms. The number of ketones is 1. The summed E-state index contributed by atoms with van der Waals surface area (Å²) in [5, 5.41) is 38.4. The molecule has 0 aliphatic rings. The molecule has 0 saturated carbocycles. The monoisotopic (exact) mass is 579 g/mol. The molecule has 228 valence electrons. The van der Waals surface area contributed by atoms with Crippen molar-refractivity contribution in [3.63, 3.8) is 0 Å². The normalized spacial score (nSPS) is 13.9. The summed E-state index contributed by atoms with van der Waals surface area (Å²) in [6.45, 7) is 4.82. The minimum Gasteiger partial charge on any atom is -0.508 e. The summed E-state index contributed by atoms with van der Waals surface area (Å²) in [6, 6.07) is 0.701. The van der Waals surface area contributed by atoms with E-state index < -0.39 is 66.2 Å². The smallest absolute Gasteiger partial charge is 0.326 e. The third-order valence-corrected chi connectivity index (χ3v) is 6.11. The second kappa shape index (κ2) is 17.6. The van der Waals surface area contributed by atoms with Crippen LogP contribution >= 0.6 is 0 Å². The van der Waals surface area contributed by atoms with Gasteiger partial charge in [0.05, 0.1) is 19.0 Å². The van der Waals surface area contributed by atoms with Crippen molar-refractivity contribution in [2.24, 2.45) is 11.7 Å².